The SMILES string of the molecule is CC1=Cc2c(C)cccc2C1[Si](C)(CCCCCCCCCCc1ccc(C)cc1)C1C(C)=Cc2c(C)cccc21. The molecule has 0 spiro atoms. The molecule has 0 heterocycles. The van der Waals surface area contributed by atoms with E-state index in [-0.39, 0.29) is 0 Å². The topological polar surface area (TPSA) is 0 Å². The van der Waals surface area contributed by atoms with Gasteiger partial charge < -0.3 is 0 Å². The van der Waals surface area contributed by atoms with Crippen LogP contribution in [0.5, 0.6) is 0 Å². The molecule has 2 unspecified atom stereocenters. The molecule has 0 aliphatic heterocycles. The standard InChI is InChI=1S/C40H52Si/c1-29-22-24-34(25-23-29)19-13-11-9-7-8-10-12-14-26-41(6,39-32(4)27-37-30(2)17-15-20-35(37)39)40-33(5)28-38-31(3)18-16-21-36(38)40/h15-18,20-25,27-28,39-40H,7-14,19,26H2,1-6H3. The Kier molecular flexibility index (Phi) is 9.54. The molecule has 2 atom stereocenters. The van der Waals surface area contributed by atoms with Gasteiger partial charge in [-0.15, -0.1) is 0 Å². The molecule has 2 aliphatic rings. The van der Waals surface area contributed by atoms with Crippen LogP contribution in [0.3, 0.4) is 0 Å². The van der Waals surface area contributed by atoms with Gasteiger partial charge in [-0.3, -0.25) is 0 Å². The van der Waals surface area contributed by atoms with E-state index in [0.717, 1.165) is 0 Å². The summed E-state index contributed by atoms with van der Waals surface area (Å²) in [6.45, 7) is 14.4. The molecule has 1 heteroatoms. The maximum Gasteiger partial charge on any atom is 0.0751 e. The Hall–Kier alpha value is -2.64. The van der Waals surface area contributed by atoms with Crippen LogP contribution in [0.2, 0.25) is 12.6 Å². The molecule has 0 fully saturated rings. The van der Waals surface area contributed by atoms with Gasteiger partial charge in [-0.1, -0.05) is 147 Å². The van der Waals surface area contributed by atoms with Crippen LogP contribution in [0, 0.1) is 20.8 Å². The van der Waals surface area contributed by atoms with Crippen molar-refractivity contribution in [3.63, 3.8) is 0 Å². The molecule has 0 nitrogen and oxygen atoms in total. The lowest BCUT2D eigenvalue weighted by atomic mass is 10.0. The van der Waals surface area contributed by atoms with Crippen LogP contribution >= 0.6 is 0 Å². The highest BCUT2D eigenvalue weighted by atomic mass is 28.3. The lowest BCUT2D eigenvalue weighted by molar-refractivity contribution is 0.573. The summed E-state index contributed by atoms with van der Waals surface area (Å²) in [5, 5.41) is 0. The van der Waals surface area contributed by atoms with Crippen molar-refractivity contribution >= 4 is 20.2 Å². The van der Waals surface area contributed by atoms with Crippen molar-refractivity contribution in [2.75, 3.05) is 0 Å². The van der Waals surface area contributed by atoms with Crippen LogP contribution in [0.25, 0.3) is 12.2 Å². The number of unbranched alkanes of at least 4 members (excludes halogenated alkanes) is 7. The number of fused-ring (bicyclic) bond motifs is 2. The largest absolute Gasteiger partial charge is 0.0751 e. The Bertz CT molecular complexity index is 1330. The number of allylic oxidation sites excluding steroid dienone is 2. The fourth-order valence-corrected chi connectivity index (χ4v) is 14.4. The van der Waals surface area contributed by atoms with E-state index in [4.69, 9.17) is 0 Å². The number of rotatable bonds is 13. The van der Waals surface area contributed by atoms with Crippen molar-refractivity contribution in [3.05, 3.63) is 116 Å². The Morgan fingerprint density at radius 1 is 0.537 bits per heavy atom. The average Bonchev–Trinajstić information content (AvgIpc) is 3.48. The maximum absolute atomic E-state index is 2.76. The molecule has 0 bridgehead atoms. The highest BCUT2D eigenvalue weighted by molar-refractivity contribution is 6.83. The maximum atomic E-state index is 2.76. The zero-order valence-corrected chi connectivity index (χ0v) is 27.7. The van der Waals surface area contributed by atoms with E-state index in [1.54, 1.807) is 22.3 Å². The lowest BCUT2D eigenvalue weighted by Crippen LogP contribution is -2.45. The molecule has 2 aliphatic carbocycles. The van der Waals surface area contributed by atoms with Gasteiger partial charge in [0, 0.05) is 11.1 Å². The molecule has 3 aromatic carbocycles. The molecule has 5 rings (SSSR count). The van der Waals surface area contributed by atoms with Crippen LogP contribution in [-0.4, -0.2) is 8.07 Å². The van der Waals surface area contributed by atoms with Crippen molar-refractivity contribution < 1.29 is 0 Å². The molecule has 41 heavy (non-hydrogen) atoms. The second-order valence-corrected chi connectivity index (χ2v) is 18.3. The summed E-state index contributed by atoms with van der Waals surface area (Å²) in [6.07, 6.45) is 17.4. The number of aryl methyl sites for hydroxylation is 4. The first-order chi connectivity index (χ1) is 19.8. The highest BCUT2D eigenvalue weighted by Gasteiger charge is 2.49. The molecule has 0 radical (unpaired) electrons. The first kappa shape index (κ1) is 29.8. The highest BCUT2D eigenvalue weighted by Crippen LogP contribution is 2.54. The summed E-state index contributed by atoms with van der Waals surface area (Å²) in [5.41, 5.74) is 16.5. The van der Waals surface area contributed by atoms with Crippen LogP contribution in [-0.2, 0) is 6.42 Å². The molecule has 216 valence electrons. The molecule has 0 aromatic heterocycles. The van der Waals surface area contributed by atoms with Crippen LogP contribution in [0.1, 0.15) is 121 Å². The quantitative estimate of drug-likeness (QED) is 0.144. The second-order valence-electron chi connectivity index (χ2n) is 13.6. The van der Waals surface area contributed by atoms with Crippen molar-refractivity contribution in [1.82, 2.24) is 0 Å². The van der Waals surface area contributed by atoms with Gasteiger partial charge >= 0.3 is 0 Å². The van der Waals surface area contributed by atoms with Gasteiger partial charge in [0.05, 0.1) is 8.07 Å². The number of hydrogen-bond acceptors (Lipinski definition) is 0. The van der Waals surface area contributed by atoms with Crippen molar-refractivity contribution in [1.29, 1.82) is 0 Å². The summed E-state index contributed by atoms with van der Waals surface area (Å²) in [5.74, 6) is 0. The molecule has 0 amide bonds. The Balaban J connectivity index is 1.20. The van der Waals surface area contributed by atoms with E-state index in [9.17, 15) is 0 Å². The van der Waals surface area contributed by atoms with E-state index in [0.29, 0.717) is 11.1 Å². The van der Waals surface area contributed by atoms with Gasteiger partial charge in [0.2, 0.25) is 0 Å². The van der Waals surface area contributed by atoms with Crippen molar-refractivity contribution in [3.8, 4) is 0 Å². The van der Waals surface area contributed by atoms with Gasteiger partial charge in [-0.25, -0.2) is 0 Å². The van der Waals surface area contributed by atoms with Crippen molar-refractivity contribution in [2.24, 2.45) is 0 Å². The fraction of sp³-hybridized carbons (Fsp3) is 0.450. The second kappa shape index (κ2) is 13.1. The molecule has 0 N–H and O–H groups in total. The van der Waals surface area contributed by atoms with E-state index >= 15 is 0 Å². The number of benzene rings is 3. The van der Waals surface area contributed by atoms with Gasteiger partial charge in [0.15, 0.2) is 0 Å². The summed E-state index contributed by atoms with van der Waals surface area (Å²) >= 11 is 0. The molecular formula is C40H52Si. The lowest BCUT2D eigenvalue weighted by Gasteiger charge is -2.42. The van der Waals surface area contributed by atoms with Crippen LogP contribution in [0.4, 0.5) is 0 Å². The minimum Gasteiger partial charge on any atom is -0.0679 e. The first-order valence-electron chi connectivity index (χ1n) is 16.4. The Morgan fingerprint density at radius 3 is 1.51 bits per heavy atom. The summed E-state index contributed by atoms with van der Waals surface area (Å²) in [4.78, 5) is 0. The van der Waals surface area contributed by atoms with E-state index in [1.165, 1.54) is 97.2 Å². The van der Waals surface area contributed by atoms with E-state index < -0.39 is 8.07 Å². The average molecular weight is 561 g/mol. The van der Waals surface area contributed by atoms with Gasteiger partial charge in [-0.2, -0.15) is 0 Å². The third-order valence-corrected chi connectivity index (χ3v) is 16.0. The summed E-state index contributed by atoms with van der Waals surface area (Å²) < 4.78 is 0. The van der Waals surface area contributed by atoms with Gasteiger partial charge in [0.1, 0.15) is 0 Å². The normalized spacial score (nSPS) is 19.0. The van der Waals surface area contributed by atoms with E-state index in [2.05, 4.69) is 114 Å². The third kappa shape index (κ3) is 6.41. The summed E-state index contributed by atoms with van der Waals surface area (Å²) in [6, 6.07) is 24.6. The Morgan fingerprint density at radius 2 is 1.00 bits per heavy atom. The molecular weight excluding hydrogens is 509 g/mol. The predicted octanol–water partition coefficient (Wildman–Crippen LogP) is 11.8. The fourth-order valence-electron chi connectivity index (χ4n) is 8.27. The zero-order valence-electron chi connectivity index (χ0n) is 26.7. The zero-order chi connectivity index (χ0) is 29.0. The predicted molar refractivity (Wildman–Crippen MR) is 183 cm³/mol. The molecule has 0 saturated heterocycles. The summed E-state index contributed by atoms with van der Waals surface area (Å²) in [7, 11) is -1.82. The van der Waals surface area contributed by atoms with E-state index in [1.807, 2.05) is 0 Å². The van der Waals surface area contributed by atoms with Gasteiger partial charge in [-0.05, 0) is 86.4 Å². The smallest absolute Gasteiger partial charge is 0.0679 e. The molecule has 3 aromatic rings. The molecule has 0 saturated carbocycles. The Labute approximate surface area is 252 Å². The van der Waals surface area contributed by atoms with Crippen LogP contribution in [0.15, 0.2) is 71.8 Å². The van der Waals surface area contributed by atoms with Crippen molar-refractivity contribution in [2.45, 2.75) is 116 Å². The third-order valence-electron chi connectivity index (χ3n) is 10.4. The minimum atomic E-state index is -1.82. The number of hydrogen-bond donors (Lipinski definition) is 0. The van der Waals surface area contributed by atoms with Gasteiger partial charge in [0.25, 0.3) is 0 Å². The monoisotopic (exact) mass is 560 g/mol. The first-order valence-corrected chi connectivity index (χ1v) is 19.3. The minimum absolute atomic E-state index is 0.616. The van der Waals surface area contributed by atoms with Crippen LogP contribution < -0.4 is 0 Å².